The Morgan fingerprint density at radius 3 is 2.61 bits per heavy atom. The van der Waals surface area contributed by atoms with Crippen molar-refractivity contribution in [1.82, 2.24) is 9.97 Å². The lowest BCUT2D eigenvalue weighted by atomic mass is 10.2. The van der Waals surface area contributed by atoms with Gasteiger partial charge in [0.25, 0.3) is 0 Å². The molecule has 3 aromatic rings. The summed E-state index contributed by atoms with van der Waals surface area (Å²) in [6.45, 7) is 9.28. The molecule has 1 aromatic carbocycles. The Morgan fingerprint density at radius 2 is 1.90 bits per heavy atom. The molecule has 0 saturated heterocycles. The van der Waals surface area contributed by atoms with Gasteiger partial charge >= 0.3 is 5.97 Å². The molecule has 1 N–H and O–H groups in total. The number of ether oxygens (including phenoxy) is 2. The van der Waals surface area contributed by atoms with Crippen LogP contribution in [0.1, 0.15) is 61.7 Å². The number of fused-ring (bicyclic) bond motifs is 1. The van der Waals surface area contributed by atoms with E-state index in [9.17, 15) is 4.79 Å². The van der Waals surface area contributed by atoms with Crippen LogP contribution in [-0.4, -0.2) is 29.2 Å². The first-order chi connectivity index (χ1) is 15.0. The van der Waals surface area contributed by atoms with Crippen LogP contribution in [-0.2, 0) is 4.74 Å². The van der Waals surface area contributed by atoms with Crippen molar-refractivity contribution in [3.8, 4) is 5.75 Å². The number of aryl methyl sites for hydroxylation is 1. The Morgan fingerprint density at radius 1 is 1.13 bits per heavy atom. The van der Waals surface area contributed by atoms with Crippen LogP contribution >= 0.6 is 11.3 Å². The molecule has 0 saturated carbocycles. The summed E-state index contributed by atoms with van der Waals surface area (Å²) in [6, 6.07) is 7.84. The second-order valence-electron chi connectivity index (χ2n) is 8.01. The molecule has 6 nitrogen and oxygen atoms in total. The highest BCUT2D eigenvalue weighted by atomic mass is 32.1. The number of aromatic nitrogens is 2. The van der Waals surface area contributed by atoms with E-state index in [1.54, 1.807) is 0 Å². The predicted molar refractivity (Wildman–Crippen MR) is 127 cm³/mol. The van der Waals surface area contributed by atoms with Gasteiger partial charge < -0.3 is 14.8 Å². The third-order valence-electron chi connectivity index (χ3n) is 4.84. The maximum atomic E-state index is 12.5. The molecule has 166 valence electrons. The molecule has 7 heteroatoms. The number of unbranched alkanes of at least 4 members (excludes halogenated alkanes) is 3. The minimum Gasteiger partial charge on any atom is -0.494 e. The first kappa shape index (κ1) is 23.0. The van der Waals surface area contributed by atoms with Gasteiger partial charge in [0.1, 0.15) is 27.6 Å². The lowest BCUT2D eigenvalue weighted by molar-refractivity contribution is 0.0464. The number of hydrogen-bond acceptors (Lipinski definition) is 7. The van der Waals surface area contributed by atoms with Gasteiger partial charge in [-0.25, -0.2) is 14.8 Å². The van der Waals surface area contributed by atoms with E-state index in [0.29, 0.717) is 23.2 Å². The molecule has 31 heavy (non-hydrogen) atoms. The average Bonchev–Trinajstić information content (AvgIpc) is 3.10. The minimum atomic E-state index is -0.305. The Bertz CT molecular complexity index is 999. The van der Waals surface area contributed by atoms with Crippen molar-refractivity contribution >= 4 is 39.0 Å². The second-order valence-corrected chi connectivity index (χ2v) is 9.01. The fourth-order valence-corrected chi connectivity index (χ4v) is 4.20. The summed E-state index contributed by atoms with van der Waals surface area (Å²) < 4.78 is 11.2. The highest BCUT2D eigenvalue weighted by Gasteiger charge is 2.20. The Hall–Kier alpha value is -2.67. The summed E-state index contributed by atoms with van der Waals surface area (Å²) in [5.74, 6) is 1.52. The molecule has 0 amide bonds. The number of rotatable bonds is 11. The summed E-state index contributed by atoms with van der Waals surface area (Å²) in [4.78, 5) is 22.6. The number of nitrogens with one attached hydrogen (secondary N) is 1. The molecule has 0 radical (unpaired) electrons. The van der Waals surface area contributed by atoms with Crippen LogP contribution in [0.5, 0.6) is 5.75 Å². The predicted octanol–water partition coefficient (Wildman–Crippen LogP) is 6.52. The number of nitrogens with zero attached hydrogens (tertiary/aromatic N) is 2. The van der Waals surface area contributed by atoms with Gasteiger partial charge in [0.15, 0.2) is 0 Å². The van der Waals surface area contributed by atoms with Crippen LogP contribution in [0, 0.1) is 12.8 Å². The van der Waals surface area contributed by atoms with E-state index in [4.69, 9.17) is 9.47 Å². The van der Waals surface area contributed by atoms with Gasteiger partial charge in [-0.15, -0.1) is 11.3 Å². The van der Waals surface area contributed by atoms with Crippen LogP contribution in [0.15, 0.2) is 30.6 Å². The number of benzene rings is 1. The number of hydrogen-bond donors (Lipinski definition) is 1. The Balaban J connectivity index is 1.71. The zero-order chi connectivity index (χ0) is 22.2. The summed E-state index contributed by atoms with van der Waals surface area (Å²) in [6.07, 6.45) is 6.26. The highest BCUT2D eigenvalue weighted by Crippen LogP contribution is 2.35. The summed E-state index contributed by atoms with van der Waals surface area (Å²) in [5, 5.41) is 4.20. The number of carbonyl (C=O) groups excluding carboxylic acids is 1. The zero-order valence-electron chi connectivity index (χ0n) is 18.7. The first-order valence-corrected chi connectivity index (χ1v) is 11.7. The standard InChI is InChI=1S/C24H31N3O3S/c1-5-6-7-8-13-29-19-11-9-18(10-12-19)27-22-20-17(4)21(24(28)30-14-16(2)3)31-23(20)26-15-25-22/h9-12,15-16H,5-8,13-14H2,1-4H3,(H,25,26,27). The van der Waals surface area contributed by atoms with Crippen LogP contribution in [0.3, 0.4) is 0 Å². The molecule has 0 bridgehead atoms. The number of esters is 1. The highest BCUT2D eigenvalue weighted by molar-refractivity contribution is 7.20. The lowest BCUT2D eigenvalue weighted by Crippen LogP contribution is -2.09. The number of thiophene rings is 1. The van der Waals surface area contributed by atoms with Crippen LogP contribution in [0.25, 0.3) is 10.2 Å². The van der Waals surface area contributed by atoms with Crippen molar-refractivity contribution in [2.24, 2.45) is 5.92 Å². The normalized spacial score (nSPS) is 11.1. The Kier molecular flexibility index (Phi) is 8.23. The van der Waals surface area contributed by atoms with E-state index >= 15 is 0 Å². The van der Waals surface area contributed by atoms with E-state index in [2.05, 4.69) is 22.2 Å². The summed E-state index contributed by atoms with van der Waals surface area (Å²) >= 11 is 1.34. The zero-order valence-corrected chi connectivity index (χ0v) is 19.6. The third-order valence-corrected chi connectivity index (χ3v) is 6.02. The number of carbonyl (C=O) groups is 1. The van der Waals surface area contributed by atoms with E-state index < -0.39 is 0 Å². The SMILES string of the molecule is CCCCCCOc1ccc(Nc2ncnc3sc(C(=O)OCC(C)C)c(C)c23)cc1. The van der Waals surface area contributed by atoms with Crippen molar-refractivity contribution in [2.75, 3.05) is 18.5 Å². The number of anilines is 2. The maximum absolute atomic E-state index is 12.5. The fourth-order valence-electron chi connectivity index (χ4n) is 3.16. The van der Waals surface area contributed by atoms with E-state index in [0.717, 1.165) is 40.2 Å². The van der Waals surface area contributed by atoms with Gasteiger partial charge in [-0.05, 0) is 49.1 Å². The van der Waals surface area contributed by atoms with Crippen molar-refractivity contribution in [3.05, 3.63) is 41.0 Å². The van der Waals surface area contributed by atoms with Crippen molar-refractivity contribution in [3.63, 3.8) is 0 Å². The van der Waals surface area contributed by atoms with Crippen LogP contribution in [0.2, 0.25) is 0 Å². The third kappa shape index (κ3) is 6.17. The molecular formula is C24H31N3O3S. The summed E-state index contributed by atoms with van der Waals surface area (Å²) in [5.41, 5.74) is 1.73. The van der Waals surface area contributed by atoms with Crippen LogP contribution in [0.4, 0.5) is 11.5 Å². The smallest absolute Gasteiger partial charge is 0.348 e. The van der Waals surface area contributed by atoms with Gasteiger partial charge in [0.05, 0.1) is 18.6 Å². The molecule has 0 aliphatic heterocycles. The van der Waals surface area contributed by atoms with Gasteiger partial charge in [-0.1, -0.05) is 40.0 Å². The van der Waals surface area contributed by atoms with Gasteiger partial charge in [0, 0.05) is 5.69 Å². The molecule has 3 rings (SSSR count). The molecule has 0 aliphatic rings. The van der Waals surface area contributed by atoms with E-state index in [1.165, 1.54) is 36.9 Å². The molecule has 0 atom stereocenters. The largest absolute Gasteiger partial charge is 0.494 e. The molecule has 2 heterocycles. The molecule has 0 spiro atoms. The topological polar surface area (TPSA) is 73.3 Å². The van der Waals surface area contributed by atoms with Crippen molar-refractivity contribution in [2.45, 2.75) is 53.4 Å². The quantitative estimate of drug-likeness (QED) is 0.270. The van der Waals surface area contributed by atoms with Crippen LogP contribution < -0.4 is 10.1 Å². The van der Waals surface area contributed by atoms with Crippen molar-refractivity contribution < 1.29 is 14.3 Å². The van der Waals surface area contributed by atoms with E-state index in [-0.39, 0.29) is 5.97 Å². The van der Waals surface area contributed by atoms with Gasteiger partial charge in [0.2, 0.25) is 0 Å². The monoisotopic (exact) mass is 441 g/mol. The Labute approximate surface area is 188 Å². The minimum absolute atomic E-state index is 0.291. The lowest BCUT2D eigenvalue weighted by Gasteiger charge is -2.10. The first-order valence-electron chi connectivity index (χ1n) is 10.9. The van der Waals surface area contributed by atoms with E-state index in [1.807, 2.05) is 45.0 Å². The van der Waals surface area contributed by atoms with Crippen molar-refractivity contribution in [1.29, 1.82) is 0 Å². The molecule has 0 aliphatic carbocycles. The van der Waals surface area contributed by atoms with Gasteiger partial charge in [-0.2, -0.15) is 0 Å². The van der Waals surface area contributed by atoms with Gasteiger partial charge in [-0.3, -0.25) is 0 Å². The fraction of sp³-hybridized carbons (Fsp3) is 0.458. The second kappa shape index (κ2) is 11.1. The maximum Gasteiger partial charge on any atom is 0.348 e. The average molecular weight is 442 g/mol. The summed E-state index contributed by atoms with van der Waals surface area (Å²) in [7, 11) is 0. The molecular weight excluding hydrogens is 410 g/mol. The molecule has 0 fully saturated rings. The molecule has 2 aromatic heterocycles. The molecule has 0 unspecified atom stereocenters.